The van der Waals surface area contributed by atoms with Gasteiger partial charge in [0.15, 0.2) is 5.96 Å². The summed E-state index contributed by atoms with van der Waals surface area (Å²) in [6.07, 6.45) is 0. The Morgan fingerprint density at radius 2 is 1.83 bits per heavy atom. The summed E-state index contributed by atoms with van der Waals surface area (Å²) >= 11 is 1.69. The van der Waals surface area contributed by atoms with Gasteiger partial charge in [-0.2, -0.15) is 0 Å². The molecule has 0 radical (unpaired) electrons. The van der Waals surface area contributed by atoms with Crippen LogP contribution in [0.1, 0.15) is 36.0 Å². The number of anilines is 1. The Bertz CT molecular complexity index is 658. The number of aliphatic imine (C=N–C) groups is 1. The van der Waals surface area contributed by atoms with Crippen LogP contribution < -0.4 is 15.5 Å². The van der Waals surface area contributed by atoms with Gasteiger partial charge in [0.1, 0.15) is 5.01 Å². The molecule has 0 atom stereocenters. The highest BCUT2D eigenvalue weighted by Gasteiger charge is 2.06. The highest BCUT2D eigenvalue weighted by atomic mass is 32.1. The molecule has 1 aromatic carbocycles. The Balaban J connectivity index is 1.83. The van der Waals surface area contributed by atoms with Crippen molar-refractivity contribution in [2.75, 3.05) is 26.0 Å². The maximum atomic E-state index is 4.63. The molecule has 24 heavy (non-hydrogen) atoms. The van der Waals surface area contributed by atoms with Crippen LogP contribution in [0, 0.1) is 0 Å². The first-order valence-electron chi connectivity index (χ1n) is 8.14. The average molecular weight is 346 g/mol. The molecule has 2 rings (SSSR count). The molecular weight excluding hydrogens is 318 g/mol. The predicted octanol–water partition coefficient (Wildman–Crippen LogP) is 3.20. The van der Waals surface area contributed by atoms with E-state index >= 15 is 0 Å². The number of aromatic nitrogens is 1. The third-order valence-electron chi connectivity index (χ3n) is 3.70. The largest absolute Gasteiger partial charge is 0.378 e. The Labute approximate surface area is 148 Å². The third kappa shape index (κ3) is 5.23. The zero-order valence-corrected chi connectivity index (χ0v) is 15.9. The maximum Gasteiger partial charge on any atom is 0.191 e. The van der Waals surface area contributed by atoms with Gasteiger partial charge in [-0.3, -0.25) is 4.99 Å². The van der Waals surface area contributed by atoms with E-state index in [9.17, 15) is 0 Å². The maximum absolute atomic E-state index is 4.63. The lowest BCUT2D eigenvalue weighted by Crippen LogP contribution is -2.36. The Morgan fingerprint density at radius 3 is 2.38 bits per heavy atom. The lowest BCUT2D eigenvalue weighted by atomic mass is 10.2. The van der Waals surface area contributed by atoms with Crippen LogP contribution in [0.25, 0.3) is 0 Å². The molecule has 5 nitrogen and oxygen atoms in total. The molecule has 130 valence electrons. The molecule has 2 N–H and O–H groups in total. The first-order chi connectivity index (χ1) is 11.5. The van der Waals surface area contributed by atoms with Crippen LogP contribution in [0.15, 0.2) is 34.6 Å². The van der Waals surface area contributed by atoms with Gasteiger partial charge >= 0.3 is 0 Å². The molecule has 0 unspecified atom stereocenters. The third-order valence-corrected chi connectivity index (χ3v) is 4.57. The van der Waals surface area contributed by atoms with E-state index in [1.165, 1.54) is 11.3 Å². The van der Waals surface area contributed by atoms with E-state index in [1.54, 1.807) is 18.4 Å². The van der Waals surface area contributed by atoms with Gasteiger partial charge in [-0.1, -0.05) is 26.0 Å². The zero-order chi connectivity index (χ0) is 17.5. The van der Waals surface area contributed by atoms with Crippen LogP contribution in [0.2, 0.25) is 0 Å². The minimum absolute atomic E-state index is 0.470. The van der Waals surface area contributed by atoms with Crippen molar-refractivity contribution in [2.45, 2.75) is 32.9 Å². The topological polar surface area (TPSA) is 52.6 Å². The number of rotatable bonds is 6. The second kappa shape index (κ2) is 8.68. The van der Waals surface area contributed by atoms with Crippen molar-refractivity contribution in [3.05, 3.63) is 45.9 Å². The normalized spacial score (nSPS) is 11.7. The van der Waals surface area contributed by atoms with E-state index in [4.69, 9.17) is 0 Å². The van der Waals surface area contributed by atoms with E-state index in [0.717, 1.165) is 23.2 Å². The van der Waals surface area contributed by atoms with Crippen LogP contribution in [0.5, 0.6) is 0 Å². The van der Waals surface area contributed by atoms with Crippen molar-refractivity contribution in [2.24, 2.45) is 4.99 Å². The van der Waals surface area contributed by atoms with Gasteiger partial charge in [0, 0.05) is 38.8 Å². The quantitative estimate of drug-likeness (QED) is 0.624. The van der Waals surface area contributed by atoms with Gasteiger partial charge < -0.3 is 15.5 Å². The molecule has 0 aliphatic carbocycles. The summed E-state index contributed by atoms with van der Waals surface area (Å²) in [6, 6.07) is 8.50. The van der Waals surface area contributed by atoms with E-state index in [2.05, 4.69) is 69.0 Å². The standard InChI is InChI=1S/C18H27N5S/c1-13(2)16-12-24-17(22-16)11-21-18(19-3)20-10-14-6-8-15(9-7-14)23(4)5/h6-9,12-13H,10-11H2,1-5H3,(H2,19,20,21). The number of thiazole rings is 1. The Hall–Kier alpha value is -2.08. The molecule has 1 heterocycles. The van der Waals surface area contributed by atoms with E-state index in [-0.39, 0.29) is 0 Å². The van der Waals surface area contributed by atoms with Gasteiger partial charge in [0.25, 0.3) is 0 Å². The Morgan fingerprint density at radius 1 is 1.17 bits per heavy atom. The minimum atomic E-state index is 0.470. The van der Waals surface area contributed by atoms with Gasteiger partial charge in [0.2, 0.25) is 0 Å². The number of nitrogens with one attached hydrogen (secondary N) is 2. The molecule has 6 heteroatoms. The SMILES string of the molecule is CN=C(NCc1ccc(N(C)C)cc1)NCc1nc(C(C)C)cs1. The van der Waals surface area contributed by atoms with Crippen LogP contribution >= 0.6 is 11.3 Å². The predicted molar refractivity (Wildman–Crippen MR) is 104 cm³/mol. The van der Waals surface area contributed by atoms with E-state index < -0.39 is 0 Å². The zero-order valence-electron chi connectivity index (χ0n) is 15.1. The lowest BCUT2D eigenvalue weighted by Gasteiger charge is -2.14. The van der Waals surface area contributed by atoms with Crippen LogP contribution in [-0.4, -0.2) is 32.1 Å². The molecule has 0 saturated carbocycles. The molecule has 0 spiro atoms. The molecule has 0 amide bonds. The average Bonchev–Trinajstić information content (AvgIpc) is 3.04. The van der Waals surface area contributed by atoms with Gasteiger partial charge in [-0.15, -0.1) is 11.3 Å². The molecular formula is C18H27N5S. The van der Waals surface area contributed by atoms with Gasteiger partial charge in [-0.05, 0) is 23.6 Å². The summed E-state index contributed by atoms with van der Waals surface area (Å²) < 4.78 is 0. The summed E-state index contributed by atoms with van der Waals surface area (Å²) in [5.41, 5.74) is 3.58. The van der Waals surface area contributed by atoms with Crippen molar-refractivity contribution in [3.8, 4) is 0 Å². The van der Waals surface area contributed by atoms with E-state index in [1.807, 2.05) is 14.1 Å². The first-order valence-corrected chi connectivity index (χ1v) is 9.02. The number of guanidine groups is 1. The highest BCUT2D eigenvalue weighted by Crippen LogP contribution is 2.17. The summed E-state index contributed by atoms with van der Waals surface area (Å²) in [5, 5.41) is 9.86. The summed E-state index contributed by atoms with van der Waals surface area (Å²) in [6.45, 7) is 5.75. The lowest BCUT2D eigenvalue weighted by molar-refractivity contribution is 0.785. The number of hydrogen-bond acceptors (Lipinski definition) is 4. The van der Waals surface area contributed by atoms with Crippen LogP contribution in [-0.2, 0) is 13.1 Å². The summed E-state index contributed by atoms with van der Waals surface area (Å²) in [4.78, 5) is 11.0. The summed E-state index contributed by atoms with van der Waals surface area (Å²) in [7, 11) is 5.87. The highest BCUT2D eigenvalue weighted by molar-refractivity contribution is 7.09. The van der Waals surface area contributed by atoms with Crippen molar-refractivity contribution in [3.63, 3.8) is 0 Å². The fourth-order valence-electron chi connectivity index (χ4n) is 2.15. The molecule has 0 aliphatic rings. The van der Waals surface area contributed by atoms with Crippen molar-refractivity contribution in [1.82, 2.24) is 15.6 Å². The second-order valence-corrected chi connectivity index (χ2v) is 7.10. The van der Waals surface area contributed by atoms with Crippen molar-refractivity contribution < 1.29 is 0 Å². The molecule has 0 saturated heterocycles. The number of nitrogens with zero attached hydrogens (tertiary/aromatic N) is 3. The monoisotopic (exact) mass is 345 g/mol. The van der Waals surface area contributed by atoms with Crippen molar-refractivity contribution in [1.29, 1.82) is 0 Å². The second-order valence-electron chi connectivity index (χ2n) is 6.16. The van der Waals surface area contributed by atoms with Gasteiger partial charge in [0.05, 0.1) is 12.2 Å². The minimum Gasteiger partial charge on any atom is -0.378 e. The van der Waals surface area contributed by atoms with Crippen LogP contribution in [0.3, 0.4) is 0 Å². The Kier molecular flexibility index (Phi) is 6.61. The van der Waals surface area contributed by atoms with E-state index in [0.29, 0.717) is 12.5 Å². The molecule has 0 bridgehead atoms. The fourth-order valence-corrected chi connectivity index (χ4v) is 3.04. The molecule has 1 aromatic heterocycles. The smallest absolute Gasteiger partial charge is 0.191 e. The number of hydrogen-bond donors (Lipinski definition) is 2. The molecule has 2 aromatic rings. The first kappa shape index (κ1) is 18.3. The van der Waals surface area contributed by atoms with Crippen LogP contribution in [0.4, 0.5) is 5.69 Å². The fraction of sp³-hybridized carbons (Fsp3) is 0.444. The molecule has 0 aliphatic heterocycles. The van der Waals surface area contributed by atoms with Crippen molar-refractivity contribution >= 4 is 23.0 Å². The summed E-state index contributed by atoms with van der Waals surface area (Å²) in [5.74, 6) is 1.26. The number of benzene rings is 1. The van der Waals surface area contributed by atoms with Gasteiger partial charge in [-0.25, -0.2) is 4.98 Å². The molecule has 0 fully saturated rings.